The second-order valence-corrected chi connectivity index (χ2v) is 4.76. The van der Waals surface area contributed by atoms with Gasteiger partial charge in [0.1, 0.15) is 0 Å². The number of piperazine rings is 1. The van der Waals surface area contributed by atoms with Crippen molar-refractivity contribution in [2.24, 2.45) is 0 Å². The number of anilines is 1. The summed E-state index contributed by atoms with van der Waals surface area (Å²) < 4.78 is 5.21. The van der Waals surface area contributed by atoms with E-state index in [1.165, 1.54) is 0 Å². The molecule has 2 aromatic heterocycles. The fraction of sp³-hybridized carbons (Fsp3) is 0.600. The first-order valence-corrected chi connectivity index (χ1v) is 6.04. The Labute approximate surface area is 109 Å². The predicted molar refractivity (Wildman–Crippen MR) is 67.0 cm³/mol. The number of H-pyrrole nitrogens is 1. The van der Waals surface area contributed by atoms with Crippen molar-refractivity contribution < 1.29 is 4.52 Å². The van der Waals surface area contributed by atoms with Crippen LogP contribution in [-0.4, -0.2) is 68.9 Å². The van der Waals surface area contributed by atoms with Crippen LogP contribution in [0.2, 0.25) is 0 Å². The molecule has 1 atom stereocenters. The normalized spacial score (nSPS) is 21.9. The van der Waals surface area contributed by atoms with E-state index in [0.29, 0.717) is 17.5 Å². The molecule has 9 nitrogen and oxygen atoms in total. The lowest BCUT2D eigenvalue weighted by atomic mass is 10.2. The molecule has 1 saturated heterocycles. The summed E-state index contributed by atoms with van der Waals surface area (Å²) in [5.74, 6) is 1.51. The van der Waals surface area contributed by atoms with Crippen molar-refractivity contribution in [3.05, 3.63) is 5.82 Å². The Morgan fingerprint density at radius 2 is 2.16 bits per heavy atom. The number of hydrogen-bond acceptors (Lipinski definition) is 8. The number of nitrogens with one attached hydrogen (secondary N) is 1. The van der Waals surface area contributed by atoms with Crippen LogP contribution in [0.25, 0.3) is 11.7 Å². The molecule has 1 aliphatic heterocycles. The molecule has 19 heavy (non-hydrogen) atoms. The summed E-state index contributed by atoms with van der Waals surface area (Å²) in [5, 5.41) is 10.4. The molecule has 9 heteroatoms. The summed E-state index contributed by atoms with van der Waals surface area (Å²) in [7, 11) is 4.14. The van der Waals surface area contributed by atoms with E-state index in [2.05, 4.69) is 49.2 Å². The maximum atomic E-state index is 5.45. The Bertz CT molecular complexity index is 563. The molecular weight excluding hydrogens is 248 g/mol. The lowest BCUT2D eigenvalue weighted by Gasteiger charge is -2.35. The van der Waals surface area contributed by atoms with Gasteiger partial charge in [-0.2, -0.15) is 9.97 Å². The summed E-state index contributed by atoms with van der Waals surface area (Å²) in [4.78, 5) is 12.8. The van der Waals surface area contributed by atoms with Crippen LogP contribution in [0.4, 0.5) is 5.95 Å². The highest BCUT2D eigenvalue weighted by molar-refractivity contribution is 5.41. The van der Waals surface area contributed by atoms with Crippen LogP contribution >= 0.6 is 0 Å². The van der Waals surface area contributed by atoms with Gasteiger partial charge in [0.15, 0.2) is 5.82 Å². The fourth-order valence-electron chi connectivity index (χ4n) is 2.13. The molecule has 0 bridgehead atoms. The number of nitrogens with zero attached hydrogens (tertiary/aromatic N) is 6. The SMILES string of the molecule is CN1CCN(C)C(c2noc(-c3nc(N)n[nH]3)n2)C1. The molecule has 3 rings (SSSR count). The summed E-state index contributed by atoms with van der Waals surface area (Å²) in [6.07, 6.45) is 0. The summed E-state index contributed by atoms with van der Waals surface area (Å²) in [6.45, 7) is 2.88. The van der Waals surface area contributed by atoms with Gasteiger partial charge in [0.25, 0.3) is 5.89 Å². The van der Waals surface area contributed by atoms with Gasteiger partial charge in [0.05, 0.1) is 6.04 Å². The maximum Gasteiger partial charge on any atom is 0.295 e. The largest absolute Gasteiger partial charge is 0.366 e. The summed E-state index contributed by atoms with van der Waals surface area (Å²) in [5.41, 5.74) is 5.45. The average Bonchev–Trinajstić information content (AvgIpc) is 3.00. The van der Waals surface area contributed by atoms with Gasteiger partial charge in [-0.15, -0.1) is 5.10 Å². The van der Waals surface area contributed by atoms with Crippen LogP contribution in [-0.2, 0) is 0 Å². The Kier molecular flexibility index (Phi) is 2.91. The van der Waals surface area contributed by atoms with Crippen molar-refractivity contribution in [2.75, 3.05) is 39.5 Å². The minimum absolute atomic E-state index is 0.122. The molecule has 0 radical (unpaired) electrons. The number of likely N-dealkylation sites (N-methyl/N-ethyl adjacent to an activating group) is 2. The van der Waals surface area contributed by atoms with E-state index in [1.807, 2.05) is 0 Å². The first-order chi connectivity index (χ1) is 9.13. The minimum Gasteiger partial charge on any atom is -0.366 e. The zero-order valence-electron chi connectivity index (χ0n) is 10.9. The highest BCUT2D eigenvalue weighted by Gasteiger charge is 2.28. The maximum absolute atomic E-state index is 5.45. The molecule has 0 aromatic carbocycles. The number of rotatable bonds is 2. The Hall–Kier alpha value is -2.00. The third-order valence-electron chi connectivity index (χ3n) is 3.30. The standard InChI is InChI=1S/C10H16N8O/c1-17-3-4-18(2)6(5-17)7-12-9(19-16-7)8-13-10(11)15-14-8/h6H,3-5H2,1-2H3,(H3,11,13,14,15). The highest BCUT2D eigenvalue weighted by Crippen LogP contribution is 2.23. The molecule has 1 aliphatic rings. The van der Waals surface area contributed by atoms with Crippen molar-refractivity contribution in [1.29, 1.82) is 0 Å². The van der Waals surface area contributed by atoms with Crippen molar-refractivity contribution in [1.82, 2.24) is 35.1 Å². The molecule has 3 heterocycles. The molecule has 102 valence electrons. The third-order valence-corrected chi connectivity index (χ3v) is 3.30. The van der Waals surface area contributed by atoms with Crippen LogP contribution < -0.4 is 5.73 Å². The van der Waals surface area contributed by atoms with E-state index in [-0.39, 0.29) is 12.0 Å². The molecule has 0 saturated carbocycles. The molecule has 3 N–H and O–H groups in total. The Morgan fingerprint density at radius 1 is 1.32 bits per heavy atom. The van der Waals surface area contributed by atoms with Gasteiger partial charge in [0, 0.05) is 19.6 Å². The Balaban J connectivity index is 1.84. The molecule has 1 unspecified atom stereocenters. The van der Waals surface area contributed by atoms with Crippen LogP contribution in [0.15, 0.2) is 4.52 Å². The smallest absolute Gasteiger partial charge is 0.295 e. The van der Waals surface area contributed by atoms with Crippen LogP contribution in [0.5, 0.6) is 0 Å². The van der Waals surface area contributed by atoms with Crippen LogP contribution in [0, 0.1) is 0 Å². The number of nitrogen functional groups attached to an aromatic ring is 1. The number of aromatic nitrogens is 5. The fourth-order valence-corrected chi connectivity index (χ4v) is 2.13. The molecule has 2 aromatic rings. The van der Waals surface area contributed by atoms with Crippen molar-refractivity contribution in [3.63, 3.8) is 0 Å². The van der Waals surface area contributed by atoms with E-state index in [4.69, 9.17) is 10.3 Å². The van der Waals surface area contributed by atoms with Crippen molar-refractivity contribution in [2.45, 2.75) is 6.04 Å². The van der Waals surface area contributed by atoms with Crippen molar-refractivity contribution >= 4 is 5.95 Å². The van der Waals surface area contributed by atoms with Gasteiger partial charge in [-0.1, -0.05) is 5.16 Å². The zero-order valence-corrected chi connectivity index (χ0v) is 10.9. The van der Waals surface area contributed by atoms with E-state index in [9.17, 15) is 0 Å². The molecular formula is C10H16N8O. The second-order valence-electron chi connectivity index (χ2n) is 4.76. The monoisotopic (exact) mass is 264 g/mol. The van der Waals surface area contributed by atoms with Crippen LogP contribution in [0.1, 0.15) is 11.9 Å². The number of hydrogen-bond donors (Lipinski definition) is 2. The summed E-state index contributed by atoms with van der Waals surface area (Å²) >= 11 is 0. The third kappa shape index (κ3) is 2.29. The van der Waals surface area contributed by atoms with Gasteiger partial charge in [-0.05, 0) is 14.1 Å². The second kappa shape index (κ2) is 4.59. The number of nitrogens with two attached hydrogens (primary N) is 1. The van der Waals surface area contributed by atoms with Gasteiger partial charge in [0.2, 0.25) is 11.8 Å². The number of aromatic amines is 1. The highest BCUT2D eigenvalue weighted by atomic mass is 16.5. The Morgan fingerprint density at radius 3 is 2.89 bits per heavy atom. The first kappa shape index (κ1) is 12.1. The van der Waals surface area contributed by atoms with Crippen molar-refractivity contribution in [3.8, 4) is 11.7 Å². The van der Waals surface area contributed by atoms with Gasteiger partial charge in [-0.25, -0.2) is 0 Å². The van der Waals surface area contributed by atoms with Gasteiger partial charge < -0.3 is 15.2 Å². The molecule has 0 aliphatic carbocycles. The molecule has 1 fully saturated rings. The first-order valence-electron chi connectivity index (χ1n) is 6.04. The predicted octanol–water partition coefficient (Wildman–Crippen LogP) is -0.645. The quantitative estimate of drug-likeness (QED) is 0.736. The summed E-state index contributed by atoms with van der Waals surface area (Å²) in [6, 6.07) is 0.122. The van der Waals surface area contributed by atoms with E-state index in [1.54, 1.807) is 0 Å². The van der Waals surface area contributed by atoms with E-state index in [0.717, 1.165) is 19.6 Å². The van der Waals surface area contributed by atoms with Gasteiger partial charge >= 0.3 is 0 Å². The lowest BCUT2D eigenvalue weighted by Crippen LogP contribution is -2.45. The zero-order chi connectivity index (χ0) is 13.4. The van der Waals surface area contributed by atoms with Crippen LogP contribution in [0.3, 0.4) is 0 Å². The van der Waals surface area contributed by atoms with E-state index >= 15 is 0 Å². The minimum atomic E-state index is 0.122. The lowest BCUT2D eigenvalue weighted by molar-refractivity contribution is 0.108. The van der Waals surface area contributed by atoms with Gasteiger partial charge in [-0.3, -0.25) is 10.00 Å². The average molecular weight is 264 g/mol. The topological polar surface area (TPSA) is 113 Å². The molecule has 0 spiro atoms. The van der Waals surface area contributed by atoms with E-state index < -0.39 is 0 Å². The molecule has 0 amide bonds.